The molecule has 0 spiro atoms. The van der Waals surface area contributed by atoms with E-state index in [0.29, 0.717) is 18.1 Å². The lowest BCUT2D eigenvalue weighted by Crippen LogP contribution is -2.22. The Morgan fingerprint density at radius 1 is 0.853 bits per heavy atom. The molecule has 0 saturated heterocycles. The van der Waals surface area contributed by atoms with Gasteiger partial charge >= 0.3 is 0 Å². The molecule has 3 N–H and O–H groups in total. The minimum atomic E-state index is -0.355. The van der Waals surface area contributed by atoms with Crippen molar-refractivity contribution < 1.29 is 14.3 Å². The molecule has 0 aliphatic heterocycles. The Balaban J connectivity index is 1.90. The fourth-order valence-electron chi connectivity index (χ4n) is 4.00. The number of methoxy groups -OCH3 is 1. The number of allylic oxidation sites excluding steroid dienone is 2. The van der Waals surface area contributed by atoms with Crippen molar-refractivity contribution in [2.75, 3.05) is 26.8 Å². The molecule has 34 heavy (non-hydrogen) atoms. The van der Waals surface area contributed by atoms with E-state index in [1.807, 2.05) is 12.1 Å². The first-order valence-electron chi connectivity index (χ1n) is 13.6. The van der Waals surface area contributed by atoms with Crippen LogP contribution in [0.25, 0.3) is 0 Å². The summed E-state index contributed by atoms with van der Waals surface area (Å²) in [6.45, 7) is 4.69. The number of benzene rings is 1. The van der Waals surface area contributed by atoms with Gasteiger partial charge in [0.1, 0.15) is 6.61 Å². The van der Waals surface area contributed by atoms with Crippen molar-refractivity contribution in [2.45, 2.75) is 103 Å². The van der Waals surface area contributed by atoms with Crippen molar-refractivity contribution in [1.82, 2.24) is 5.32 Å². The van der Waals surface area contributed by atoms with E-state index in [1.165, 1.54) is 89.9 Å². The van der Waals surface area contributed by atoms with Gasteiger partial charge in [-0.3, -0.25) is 4.79 Å². The number of carbonyl (C=O) groups excluding carboxylic acids is 1. The van der Waals surface area contributed by atoms with Gasteiger partial charge in [-0.25, -0.2) is 0 Å². The molecule has 0 heterocycles. The van der Waals surface area contributed by atoms with Crippen LogP contribution in [0.15, 0.2) is 30.4 Å². The molecule has 194 valence electrons. The fraction of sp³-hybridized carbons (Fsp3) is 0.690. The number of rotatable bonds is 23. The molecule has 0 aliphatic carbocycles. The number of carbonyl (C=O) groups is 1. The van der Waals surface area contributed by atoms with Gasteiger partial charge in [0, 0.05) is 6.54 Å². The van der Waals surface area contributed by atoms with Crippen LogP contribution in [0.5, 0.6) is 11.5 Å². The van der Waals surface area contributed by atoms with E-state index in [2.05, 4.69) is 24.4 Å². The maximum absolute atomic E-state index is 11.1. The lowest BCUT2D eigenvalue weighted by atomic mass is 10.1. The molecule has 0 atom stereocenters. The Morgan fingerprint density at radius 3 is 2.09 bits per heavy atom. The largest absolute Gasteiger partial charge is 0.493 e. The lowest BCUT2D eigenvalue weighted by Gasteiger charge is -2.12. The van der Waals surface area contributed by atoms with Gasteiger partial charge in [0.2, 0.25) is 5.91 Å². The predicted octanol–water partition coefficient (Wildman–Crippen LogP) is 6.73. The van der Waals surface area contributed by atoms with Crippen LogP contribution in [0.2, 0.25) is 0 Å². The number of ether oxygens (including phenoxy) is 2. The molecule has 1 amide bonds. The molecule has 1 rings (SSSR count). The maximum Gasteiger partial charge on any atom is 0.221 e. The van der Waals surface area contributed by atoms with Crippen LogP contribution < -0.4 is 20.5 Å². The Morgan fingerprint density at radius 2 is 1.47 bits per heavy atom. The van der Waals surface area contributed by atoms with E-state index in [4.69, 9.17) is 15.2 Å². The average molecular weight is 475 g/mol. The van der Waals surface area contributed by atoms with Crippen LogP contribution in [-0.2, 0) is 11.2 Å². The molecular weight excluding hydrogens is 424 g/mol. The SMILES string of the molecule is CCCCCCCC/C=C/CCCCCCCCNCCOc1ccc(CC(N)=O)cc1OC. The number of nitrogens with two attached hydrogens (primary N) is 1. The van der Waals surface area contributed by atoms with Crippen molar-refractivity contribution >= 4 is 5.91 Å². The second kappa shape index (κ2) is 21.5. The molecule has 0 fully saturated rings. The van der Waals surface area contributed by atoms with Crippen LogP contribution in [0.3, 0.4) is 0 Å². The summed E-state index contributed by atoms with van der Waals surface area (Å²) in [5, 5.41) is 3.44. The molecule has 5 heteroatoms. The van der Waals surface area contributed by atoms with Crippen molar-refractivity contribution in [1.29, 1.82) is 0 Å². The summed E-state index contributed by atoms with van der Waals surface area (Å²) < 4.78 is 11.2. The Bertz CT molecular complexity index is 661. The monoisotopic (exact) mass is 474 g/mol. The van der Waals surface area contributed by atoms with Gasteiger partial charge < -0.3 is 20.5 Å². The standard InChI is InChI=1S/C29H50N2O3/c1-3-4-5-6-7-8-9-10-11-12-13-14-15-16-17-18-21-31-22-23-34-27-20-19-26(25-29(30)32)24-28(27)33-2/h10-11,19-20,24,31H,3-9,12-18,21-23,25H2,1-2H3,(H2,30,32)/b11-10+. The predicted molar refractivity (Wildman–Crippen MR) is 144 cm³/mol. The molecule has 0 radical (unpaired) electrons. The quantitative estimate of drug-likeness (QED) is 0.136. The van der Waals surface area contributed by atoms with E-state index < -0.39 is 0 Å². The summed E-state index contributed by atoms with van der Waals surface area (Å²) in [7, 11) is 1.60. The highest BCUT2D eigenvalue weighted by Crippen LogP contribution is 2.28. The van der Waals surface area contributed by atoms with Gasteiger partial charge in [-0.15, -0.1) is 0 Å². The molecule has 5 nitrogen and oxygen atoms in total. The fourth-order valence-corrected chi connectivity index (χ4v) is 4.00. The van der Waals surface area contributed by atoms with Crippen molar-refractivity contribution in [3.63, 3.8) is 0 Å². The van der Waals surface area contributed by atoms with Crippen LogP contribution in [0, 0.1) is 0 Å². The number of hydrogen-bond acceptors (Lipinski definition) is 4. The van der Waals surface area contributed by atoms with E-state index in [9.17, 15) is 4.79 Å². The summed E-state index contributed by atoms with van der Waals surface area (Å²) in [4.78, 5) is 11.1. The molecule has 0 aromatic heterocycles. The van der Waals surface area contributed by atoms with Gasteiger partial charge in [-0.1, -0.05) is 82.9 Å². The summed E-state index contributed by atoms with van der Waals surface area (Å²) >= 11 is 0. The summed E-state index contributed by atoms with van der Waals surface area (Å²) in [5.41, 5.74) is 6.08. The topological polar surface area (TPSA) is 73.6 Å². The van der Waals surface area contributed by atoms with Gasteiger partial charge in [0.05, 0.1) is 13.5 Å². The Hall–Kier alpha value is -2.01. The van der Waals surface area contributed by atoms with Crippen LogP contribution in [-0.4, -0.2) is 32.7 Å². The highest BCUT2D eigenvalue weighted by Gasteiger charge is 2.07. The summed E-state index contributed by atoms with van der Waals surface area (Å²) in [6.07, 6.45) is 23.7. The molecule has 1 aromatic rings. The zero-order valence-corrected chi connectivity index (χ0v) is 21.9. The third-order valence-corrected chi connectivity index (χ3v) is 6.01. The van der Waals surface area contributed by atoms with E-state index in [1.54, 1.807) is 13.2 Å². The van der Waals surface area contributed by atoms with Gasteiger partial charge in [0.25, 0.3) is 0 Å². The minimum absolute atomic E-state index is 0.203. The van der Waals surface area contributed by atoms with Gasteiger partial charge in [-0.05, 0) is 56.3 Å². The third kappa shape index (κ3) is 16.6. The number of unbranched alkanes of at least 4 members (excludes halogenated alkanes) is 12. The highest BCUT2D eigenvalue weighted by molar-refractivity contribution is 5.76. The summed E-state index contributed by atoms with van der Waals surface area (Å²) in [6, 6.07) is 5.49. The first-order valence-corrected chi connectivity index (χ1v) is 13.6. The number of nitrogens with one attached hydrogen (secondary N) is 1. The zero-order valence-electron chi connectivity index (χ0n) is 21.9. The van der Waals surface area contributed by atoms with Crippen molar-refractivity contribution in [2.24, 2.45) is 5.73 Å². The zero-order chi connectivity index (χ0) is 24.7. The first kappa shape index (κ1) is 30.0. The van der Waals surface area contributed by atoms with Crippen molar-refractivity contribution in [3.8, 4) is 11.5 Å². The molecule has 0 unspecified atom stereocenters. The molecule has 1 aromatic carbocycles. The number of primary amides is 1. The van der Waals surface area contributed by atoms with Gasteiger partial charge in [-0.2, -0.15) is 0 Å². The molecule has 0 aliphatic rings. The van der Waals surface area contributed by atoms with E-state index in [0.717, 1.165) is 18.7 Å². The maximum atomic E-state index is 11.1. The molecule has 0 bridgehead atoms. The first-order chi connectivity index (χ1) is 16.7. The van der Waals surface area contributed by atoms with Crippen molar-refractivity contribution in [3.05, 3.63) is 35.9 Å². The number of amides is 1. The van der Waals surface area contributed by atoms with Gasteiger partial charge in [0.15, 0.2) is 11.5 Å². The molecular formula is C29H50N2O3. The average Bonchev–Trinajstić information content (AvgIpc) is 2.83. The van der Waals surface area contributed by atoms with E-state index >= 15 is 0 Å². The molecule has 0 saturated carbocycles. The third-order valence-electron chi connectivity index (χ3n) is 6.01. The van der Waals surface area contributed by atoms with E-state index in [-0.39, 0.29) is 12.3 Å². The number of hydrogen-bond donors (Lipinski definition) is 2. The second-order valence-electron chi connectivity index (χ2n) is 9.16. The normalized spacial score (nSPS) is 11.2. The van der Waals surface area contributed by atoms with Crippen LogP contribution >= 0.6 is 0 Å². The minimum Gasteiger partial charge on any atom is -0.493 e. The smallest absolute Gasteiger partial charge is 0.221 e. The Kier molecular flexibility index (Phi) is 19.0. The Labute approximate surface area is 208 Å². The van der Waals surface area contributed by atoms with Crippen LogP contribution in [0.4, 0.5) is 0 Å². The second-order valence-corrected chi connectivity index (χ2v) is 9.16. The highest BCUT2D eigenvalue weighted by atomic mass is 16.5. The summed E-state index contributed by atoms with van der Waals surface area (Å²) in [5.74, 6) is 0.966. The van der Waals surface area contributed by atoms with Crippen LogP contribution in [0.1, 0.15) is 102 Å². The lowest BCUT2D eigenvalue weighted by molar-refractivity contribution is -0.117.